The van der Waals surface area contributed by atoms with Gasteiger partial charge in [-0.2, -0.15) is 0 Å². The Morgan fingerprint density at radius 1 is 0.972 bits per heavy atom. The fourth-order valence-electron chi connectivity index (χ4n) is 6.16. The molecular formula is C28H20N6O2. The van der Waals surface area contributed by atoms with Gasteiger partial charge < -0.3 is 14.9 Å². The van der Waals surface area contributed by atoms with Gasteiger partial charge in [-0.1, -0.05) is 30.3 Å². The second kappa shape index (κ2) is 6.91. The highest BCUT2D eigenvalue weighted by Gasteiger charge is 2.36. The molecule has 2 aliphatic rings. The number of hydrogen-bond donors (Lipinski definition) is 3. The predicted octanol–water partition coefficient (Wildman–Crippen LogP) is 4.66. The van der Waals surface area contributed by atoms with E-state index in [4.69, 9.17) is 0 Å². The molecule has 8 nitrogen and oxygen atoms in total. The van der Waals surface area contributed by atoms with E-state index in [0.717, 1.165) is 68.9 Å². The average Bonchev–Trinajstić information content (AvgIpc) is 3.53. The summed E-state index contributed by atoms with van der Waals surface area (Å²) in [5.41, 5.74) is 7.36. The fourth-order valence-corrected chi connectivity index (χ4v) is 6.16. The number of anilines is 1. The van der Waals surface area contributed by atoms with Crippen LogP contribution in [0.5, 0.6) is 0 Å². The Balaban J connectivity index is 1.44. The Kier molecular flexibility index (Phi) is 3.76. The first-order valence-corrected chi connectivity index (χ1v) is 12.1. The van der Waals surface area contributed by atoms with Gasteiger partial charge in [-0.05, 0) is 36.1 Å². The third-order valence-corrected chi connectivity index (χ3v) is 7.58. The van der Waals surface area contributed by atoms with E-state index in [1.54, 1.807) is 6.20 Å². The first-order valence-electron chi connectivity index (χ1n) is 12.1. The lowest BCUT2D eigenvalue weighted by Gasteiger charge is -2.16. The molecule has 36 heavy (non-hydrogen) atoms. The number of aromatic nitrogens is 4. The molecule has 8 heteroatoms. The van der Waals surface area contributed by atoms with E-state index in [-0.39, 0.29) is 11.8 Å². The van der Waals surface area contributed by atoms with Crippen LogP contribution in [0.25, 0.3) is 43.6 Å². The molecule has 0 aliphatic carbocycles. The minimum Gasteiger partial charge on any atom is -0.366 e. The molecule has 8 rings (SSSR count). The summed E-state index contributed by atoms with van der Waals surface area (Å²) in [6.07, 6.45) is 5.27. The summed E-state index contributed by atoms with van der Waals surface area (Å²) in [5.74, 6) is 0.112. The van der Waals surface area contributed by atoms with Gasteiger partial charge in [0, 0.05) is 46.3 Å². The molecule has 0 saturated heterocycles. The molecule has 174 valence electrons. The van der Waals surface area contributed by atoms with Crippen LogP contribution in [0.3, 0.4) is 0 Å². The number of rotatable bonds is 3. The van der Waals surface area contributed by atoms with Crippen molar-refractivity contribution in [1.82, 2.24) is 24.8 Å². The highest BCUT2D eigenvalue weighted by molar-refractivity contribution is 6.39. The Bertz CT molecular complexity index is 1930. The molecule has 3 aromatic carbocycles. The molecule has 3 N–H and O–H groups in total. The number of benzene rings is 3. The maximum Gasteiger partial charge on any atom is 0.259 e. The normalized spacial score (nSPS) is 14.8. The molecular weight excluding hydrogens is 452 g/mol. The summed E-state index contributed by atoms with van der Waals surface area (Å²) in [4.78, 5) is 38.1. The number of imide groups is 1. The molecule has 6 aromatic rings. The molecule has 0 saturated carbocycles. The second-order valence-corrected chi connectivity index (χ2v) is 9.53. The van der Waals surface area contributed by atoms with E-state index in [2.05, 4.69) is 54.4 Å². The summed E-state index contributed by atoms with van der Waals surface area (Å²) in [6, 6.07) is 14.3. The predicted molar refractivity (Wildman–Crippen MR) is 138 cm³/mol. The zero-order valence-electron chi connectivity index (χ0n) is 19.2. The molecule has 0 spiro atoms. The average molecular weight is 473 g/mol. The van der Waals surface area contributed by atoms with Gasteiger partial charge in [-0.3, -0.25) is 14.9 Å². The van der Waals surface area contributed by atoms with Crippen molar-refractivity contribution in [2.24, 2.45) is 0 Å². The smallest absolute Gasteiger partial charge is 0.259 e. The van der Waals surface area contributed by atoms with Gasteiger partial charge in [0.15, 0.2) is 0 Å². The molecule has 0 radical (unpaired) electrons. The lowest BCUT2D eigenvalue weighted by molar-refractivity contribution is 0.0880. The molecule has 5 heterocycles. The van der Waals surface area contributed by atoms with Crippen LogP contribution in [0, 0.1) is 0 Å². The van der Waals surface area contributed by atoms with Gasteiger partial charge in [0.25, 0.3) is 11.8 Å². The van der Waals surface area contributed by atoms with Gasteiger partial charge in [-0.25, -0.2) is 9.97 Å². The molecule has 3 aromatic heterocycles. The topological polar surface area (TPSA) is 105 Å². The van der Waals surface area contributed by atoms with Crippen molar-refractivity contribution in [3.63, 3.8) is 0 Å². The Hall–Kier alpha value is -4.72. The van der Waals surface area contributed by atoms with Gasteiger partial charge in [-0.15, -0.1) is 0 Å². The summed E-state index contributed by atoms with van der Waals surface area (Å²) in [7, 11) is 0. The van der Waals surface area contributed by atoms with E-state index in [1.165, 1.54) is 17.4 Å². The molecule has 2 amide bonds. The summed E-state index contributed by atoms with van der Waals surface area (Å²) in [5, 5.41) is 9.55. The number of aromatic amines is 1. The lowest BCUT2D eigenvalue weighted by atomic mass is 9.96. The first-order chi connectivity index (χ1) is 17.7. The largest absolute Gasteiger partial charge is 0.366 e. The van der Waals surface area contributed by atoms with Crippen molar-refractivity contribution in [2.45, 2.75) is 25.9 Å². The zero-order chi connectivity index (χ0) is 24.0. The number of nitrogens with zero attached hydrogens (tertiary/aromatic N) is 3. The minimum absolute atomic E-state index is 0.314. The van der Waals surface area contributed by atoms with E-state index in [0.29, 0.717) is 17.7 Å². The Labute approximate surface area is 204 Å². The summed E-state index contributed by atoms with van der Waals surface area (Å²) in [6.45, 7) is 1.47. The molecule has 0 unspecified atom stereocenters. The maximum atomic E-state index is 13.1. The highest BCUT2D eigenvalue weighted by atomic mass is 16.2. The van der Waals surface area contributed by atoms with Gasteiger partial charge >= 0.3 is 0 Å². The van der Waals surface area contributed by atoms with Crippen LogP contribution in [0.4, 0.5) is 5.82 Å². The maximum absolute atomic E-state index is 13.1. The number of nitrogens with one attached hydrogen (secondary N) is 3. The highest BCUT2D eigenvalue weighted by Crippen LogP contribution is 2.45. The second-order valence-electron chi connectivity index (χ2n) is 9.53. The number of amides is 2. The van der Waals surface area contributed by atoms with Gasteiger partial charge in [0.1, 0.15) is 12.1 Å². The first kappa shape index (κ1) is 19.6. The molecule has 0 atom stereocenters. The summed E-state index contributed by atoms with van der Waals surface area (Å²) < 4.78 is 2.34. The van der Waals surface area contributed by atoms with E-state index in [1.807, 2.05) is 18.2 Å². The number of para-hydroxylation sites is 1. The monoisotopic (exact) mass is 472 g/mol. The van der Waals surface area contributed by atoms with E-state index >= 15 is 0 Å². The van der Waals surface area contributed by atoms with Crippen molar-refractivity contribution in [1.29, 1.82) is 0 Å². The van der Waals surface area contributed by atoms with Crippen LogP contribution in [0.2, 0.25) is 0 Å². The number of carbonyl (C=O) groups is 2. The number of aryl methyl sites for hydroxylation is 2. The quantitative estimate of drug-likeness (QED) is 0.325. The Morgan fingerprint density at radius 3 is 2.72 bits per heavy atom. The Morgan fingerprint density at radius 2 is 1.86 bits per heavy atom. The molecule has 0 fully saturated rings. The fraction of sp³-hybridized carbons (Fsp3) is 0.143. The van der Waals surface area contributed by atoms with Crippen LogP contribution in [-0.4, -0.2) is 31.3 Å². The number of H-pyrrole nitrogens is 1. The van der Waals surface area contributed by atoms with E-state index in [9.17, 15) is 9.59 Å². The van der Waals surface area contributed by atoms with Crippen molar-refractivity contribution in [3.05, 3.63) is 77.2 Å². The van der Waals surface area contributed by atoms with Crippen molar-refractivity contribution in [3.8, 4) is 0 Å². The third-order valence-electron chi connectivity index (χ3n) is 7.58. The van der Waals surface area contributed by atoms with Crippen LogP contribution in [-0.2, 0) is 19.5 Å². The van der Waals surface area contributed by atoms with Crippen LogP contribution >= 0.6 is 0 Å². The lowest BCUT2D eigenvalue weighted by Crippen LogP contribution is -2.20. The van der Waals surface area contributed by atoms with Crippen LogP contribution in [0.1, 0.15) is 38.3 Å². The summed E-state index contributed by atoms with van der Waals surface area (Å²) >= 11 is 0. The third kappa shape index (κ3) is 2.47. The molecule has 0 bridgehead atoms. The minimum atomic E-state index is -0.329. The van der Waals surface area contributed by atoms with Gasteiger partial charge in [0.05, 0.1) is 27.7 Å². The standard InChI is InChI=1S/C28H20N6O2/c35-27-22-20-16-7-6-14(12-30-19-8-9-29-13-31-19)11-18(16)32-24(20)26-21(23(22)28(36)33-27)17-5-1-3-15-4-2-10-34(26)25(15)17/h1,3,5-9,11,13,32H,2,4,10,12H2,(H,29,30,31)(H,33,35,36). The number of carbonyl (C=O) groups excluding carboxylic acids is 2. The zero-order valence-corrected chi connectivity index (χ0v) is 19.2. The number of hydrogen-bond acceptors (Lipinski definition) is 5. The van der Waals surface area contributed by atoms with E-state index < -0.39 is 0 Å². The van der Waals surface area contributed by atoms with Crippen LogP contribution < -0.4 is 10.6 Å². The SMILES string of the molecule is O=C1NC(=O)c2c1c1c3ccc(CNc4ccncn4)cc3[nH]c1c1c2c2cccc3c2n1CCC3. The van der Waals surface area contributed by atoms with Crippen LogP contribution in [0.15, 0.2) is 55.0 Å². The van der Waals surface area contributed by atoms with Crippen molar-refractivity contribution >= 4 is 61.2 Å². The van der Waals surface area contributed by atoms with Crippen molar-refractivity contribution in [2.75, 3.05) is 5.32 Å². The number of fused-ring (bicyclic) bond motifs is 10. The van der Waals surface area contributed by atoms with Crippen molar-refractivity contribution < 1.29 is 9.59 Å². The van der Waals surface area contributed by atoms with Gasteiger partial charge in [0.2, 0.25) is 0 Å². The molecule has 2 aliphatic heterocycles.